The highest BCUT2D eigenvalue weighted by atomic mass is 31.2. The van der Waals surface area contributed by atoms with Crippen molar-refractivity contribution in [3.05, 3.63) is 77.9 Å². The van der Waals surface area contributed by atoms with Gasteiger partial charge in [0.25, 0.3) is 0 Å². The molecule has 11 heteroatoms. The summed E-state index contributed by atoms with van der Waals surface area (Å²) in [5.74, 6) is 8.15. The number of nitrogens with zero attached hydrogens (tertiary/aromatic N) is 1. The van der Waals surface area contributed by atoms with Crippen LogP contribution in [0.2, 0.25) is 0 Å². The fraction of sp³-hybridized carbons (Fsp3) is 0.705. The highest BCUT2D eigenvalue weighted by molar-refractivity contribution is 7.59. The summed E-state index contributed by atoms with van der Waals surface area (Å²) in [6.07, 6.45) is 18.2. The van der Waals surface area contributed by atoms with Crippen LogP contribution in [0.4, 0.5) is 5.69 Å². The molecule has 72 heavy (non-hydrogen) atoms. The van der Waals surface area contributed by atoms with Crippen LogP contribution in [0.25, 0.3) is 0 Å². The summed E-state index contributed by atoms with van der Waals surface area (Å²) in [4.78, 5) is 26.5. The Labute approximate surface area is 431 Å². The SMILES string of the molecule is C=CCP(=O)(CC=C)OCO[C@@H]1C[C@@H]2C[C@@H](OCCN(C)c3ccc([C@H]4C[C@@]5(C)[C@@H](CC[C@]5(O)C#CC)[C@@H]5CCC6=CC(=O)CCC6=C54)cc3)CC[C@]2(C)[C@H]2C[C@H](O)[C@]3(C)[C@@H]([C@H](C)CCC(=O)O)CC[C@H]3[C@H]12. The summed E-state index contributed by atoms with van der Waals surface area (Å²) >= 11 is 0. The van der Waals surface area contributed by atoms with Gasteiger partial charge < -0.3 is 34.2 Å². The molecule has 9 rings (SSSR count). The Balaban J connectivity index is 0.881. The van der Waals surface area contributed by atoms with Crippen LogP contribution in [-0.2, 0) is 28.2 Å². The van der Waals surface area contributed by atoms with Crippen molar-refractivity contribution in [1.82, 2.24) is 0 Å². The number of ketones is 1. The van der Waals surface area contributed by atoms with E-state index in [1.165, 1.54) is 22.3 Å². The van der Waals surface area contributed by atoms with Crippen molar-refractivity contribution >= 4 is 24.8 Å². The van der Waals surface area contributed by atoms with Gasteiger partial charge in [0.1, 0.15) is 5.60 Å². The maximum absolute atomic E-state index is 13.7. The first-order valence-electron chi connectivity index (χ1n) is 27.8. The molecule has 394 valence electrons. The standard InChI is InChI=1S/C61H86NO9P/c1-9-26-61(67)28-25-50-47-19-15-41-33-44(63)18-20-46(41)56(47)48(37-59(50,61)6)40-13-16-43(17-14-40)62(8)29-30-69-45-24-27-58(5)42(34-45)35-53(70-38-71-72(68,31-10-2)32-11-3)57-51-22-21-49(39(4)12-23-55(65)66)60(51,7)54(64)36-52(57)58/h10-11,13-14,16-17,33,39,42,45,47-54,57,64,67H,2-3,12,15,18-25,27-32,34-38H2,1,4-8H3,(H,65,66)/t39-,42+,45+,47+,48-,49-,50+,51+,52+,53-,54+,57+,58+,59+,60-,61-/m1/s1. The number of aliphatic hydroxyl groups is 2. The molecule has 6 saturated carbocycles. The first-order chi connectivity index (χ1) is 34.3. The van der Waals surface area contributed by atoms with Crippen molar-refractivity contribution < 1.29 is 43.5 Å². The van der Waals surface area contributed by atoms with Gasteiger partial charge in [-0.15, -0.1) is 19.1 Å². The average molecular weight is 1010 g/mol. The van der Waals surface area contributed by atoms with Crippen molar-refractivity contribution in [2.24, 2.45) is 63.6 Å². The van der Waals surface area contributed by atoms with Crippen molar-refractivity contribution in [3.63, 3.8) is 0 Å². The van der Waals surface area contributed by atoms with Gasteiger partial charge in [-0.3, -0.25) is 14.2 Å². The van der Waals surface area contributed by atoms with Gasteiger partial charge in [0.2, 0.25) is 7.37 Å². The lowest BCUT2D eigenvalue weighted by Crippen LogP contribution is -2.63. The molecule has 0 aromatic heterocycles. The fourth-order valence-electron chi connectivity index (χ4n) is 17.6. The molecule has 0 spiro atoms. The number of hydrogen-bond acceptors (Lipinski definition) is 9. The lowest BCUT2D eigenvalue weighted by molar-refractivity contribution is -0.227. The smallest absolute Gasteiger partial charge is 0.303 e. The zero-order valence-corrected chi connectivity index (χ0v) is 45.3. The number of aliphatic carboxylic acids is 1. The molecular weight excluding hydrogens is 922 g/mol. The van der Waals surface area contributed by atoms with Crippen LogP contribution in [-0.4, -0.2) is 90.3 Å². The molecule has 8 aliphatic carbocycles. The minimum atomic E-state index is -3.04. The van der Waals surface area contributed by atoms with Crippen LogP contribution < -0.4 is 4.90 Å². The lowest BCUT2D eigenvalue weighted by Gasteiger charge is -2.64. The van der Waals surface area contributed by atoms with E-state index in [0.29, 0.717) is 50.0 Å². The maximum Gasteiger partial charge on any atom is 0.303 e. The third kappa shape index (κ3) is 9.55. The van der Waals surface area contributed by atoms with Crippen molar-refractivity contribution in [2.45, 2.75) is 167 Å². The number of benzene rings is 1. The summed E-state index contributed by atoms with van der Waals surface area (Å²) in [6.45, 7) is 20.0. The van der Waals surface area contributed by atoms with Crippen LogP contribution in [0.3, 0.4) is 0 Å². The first kappa shape index (κ1) is 53.5. The van der Waals surface area contributed by atoms with Crippen LogP contribution in [0, 0.1) is 75.4 Å². The fourth-order valence-corrected chi connectivity index (χ4v) is 19.0. The van der Waals surface area contributed by atoms with Crippen LogP contribution >= 0.6 is 7.37 Å². The molecule has 0 amide bonds. The van der Waals surface area contributed by atoms with Gasteiger partial charge in [0, 0.05) is 55.8 Å². The number of carbonyl (C=O) groups excluding carboxylic acids is 1. The second-order valence-corrected chi connectivity index (χ2v) is 27.3. The van der Waals surface area contributed by atoms with Gasteiger partial charge in [-0.25, -0.2) is 0 Å². The number of carbonyl (C=O) groups is 2. The number of likely N-dealkylation sites (N-methyl/N-ethyl adjacent to an activating group) is 1. The highest BCUT2D eigenvalue weighted by Gasteiger charge is 2.67. The van der Waals surface area contributed by atoms with Crippen LogP contribution in [0.5, 0.6) is 0 Å². The topological polar surface area (TPSA) is 143 Å². The number of carboxylic acid groups (broad SMARTS) is 1. The Kier molecular flexibility index (Phi) is 15.6. The Morgan fingerprint density at radius 1 is 0.958 bits per heavy atom. The zero-order chi connectivity index (χ0) is 51.4. The molecule has 0 saturated heterocycles. The van der Waals surface area contributed by atoms with E-state index in [0.717, 1.165) is 82.9 Å². The van der Waals surface area contributed by atoms with E-state index < -0.39 is 25.0 Å². The number of rotatable bonds is 18. The molecule has 1 aromatic carbocycles. The normalized spacial score (nSPS) is 39.4. The van der Waals surface area contributed by atoms with Gasteiger partial charge in [0.05, 0.1) is 24.9 Å². The predicted molar refractivity (Wildman–Crippen MR) is 285 cm³/mol. The van der Waals surface area contributed by atoms with E-state index in [1.54, 1.807) is 12.2 Å². The van der Waals surface area contributed by atoms with Crippen LogP contribution in [0.15, 0.2) is 72.4 Å². The molecule has 0 aliphatic heterocycles. The largest absolute Gasteiger partial charge is 0.481 e. The van der Waals surface area contributed by atoms with Gasteiger partial charge in [-0.2, -0.15) is 0 Å². The minimum absolute atomic E-state index is 0.00270. The Bertz CT molecular complexity index is 2390. The molecule has 1 aromatic rings. The third-order valence-electron chi connectivity index (χ3n) is 21.4. The Morgan fingerprint density at radius 2 is 1.71 bits per heavy atom. The van der Waals surface area contributed by atoms with E-state index in [4.69, 9.17) is 14.0 Å². The van der Waals surface area contributed by atoms with E-state index in [1.807, 2.05) is 13.0 Å². The second-order valence-electron chi connectivity index (χ2n) is 24.7. The zero-order valence-electron chi connectivity index (χ0n) is 44.4. The number of carboxylic acids is 1. The molecule has 10 nitrogen and oxygen atoms in total. The predicted octanol–water partition coefficient (Wildman–Crippen LogP) is 11.9. The Morgan fingerprint density at radius 3 is 2.42 bits per heavy atom. The Hall–Kier alpha value is -3.29. The summed E-state index contributed by atoms with van der Waals surface area (Å²) in [6, 6.07) is 9.09. The van der Waals surface area contributed by atoms with Gasteiger partial charge >= 0.3 is 5.97 Å². The van der Waals surface area contributed by atoms with E-state index in [2.05, 4.69) is 88.9 Å². The monoisotopic (exact) mass is 1010 g/mol. The minimum Gasteiger partial charge on any atom is -0.481 e. The van der Waals surface area contributed by atoms with Crippen LogP contribution in [0.1, 0.15) is 149 Å². The molecule has 3 N–H and O–H groups in total. The van der Waals surface area contributed by atoms with Crippen molar-refractivity contribution in [1.29, 1.82) is 0 Å². The number of fused-ring (bicyclic) bond motifs is 9. The van der Waals surface area contributed by atoms with Gasteiger partial charge in [-0.1, -0.05) is 63.5 Å². The lowest BCUT2D eigenvalue weighted by atomic mass is 9.43. The van der Waals surface area contributed by atoms with E-state index in [9.17, 15) is 29.5 Å². The number of allylic oxidation sites excluding steroid dienone is 6. The maximum atomic E-state index is 13.7. The van der Waals surface area contributed by atoms with E-state index in [-0.39, 0.29) is 95.3 Å². The first-order valence-corrected chi connectivity index (χ1v) is 29.8. The van der Waals surface area contributed by atoms with E-state index >= 15 is 0 Å². The molecule has 6 fully saturated rings. The molecule has 0 radical (unpaired) electrons. The molecule has 16 atom stereocenters. The van der Waals surface area contributed by atoms with Gasteiger partial charge in [-0.05, 0) is 190 Å². The summed E-state index contributed by atoms with van der Waals surface area (Å²) < 4.78 is 33.4. The number of hydrogen-bond donors (Lipinski definition) is 3. The molecule has 8 aliphatic rings. The molecule has 0 unspecified atom stereocenters. The summed E-state index contributed by atoms with van der Waals surface area (Å²) in [7, 11) is -0.897. The second kappa shape index (κ2) is 21.0. The third-order valence-corrected chi connectivity index (χ3v) is 23.6. The number of anilines is 1. The number of aliphatic hydroxyl groups excluding tert-OH is 1. The number of ether oxygens (including phenoxy) is 2. The van der Waals surface area contributed by atoms with Crippen molar-refractivity contribution in [2.75, 3.05) is 44.2 Å². The average Bonchev–Trinajstić information content (AvgIpc) is 3.84. The van der Waals surface area contributed by atoms with Gasteiger partial charge in [0.15, 0.2) is 12.6 Å². The highest BCUT2D eigenvalue weighted by Crippen LogP contribution is 2.70. The molecular formula is C61H86NO9P. The summed E-state index contributed by atoms with van der Waals surface area (Å²) in [5.41, 5.74) is 4.92. The molecule has 0 heterocycles. The quantitative estimate of drug-likeness (QED) is 0.0563. The van der Waals surface area contributed by atoms with Crippen molar-refractivity contribution in [3.8, 4) is 11.8 Å². The summed E-state index contributed by atoms with van der Waals surface area (Å²) in [5, 5.41) is 34.0. The molecule has 0 bridgehead atoms.